The van der Waals surface area contributed by atoms with Gasteiger partial charge >= 0.3 is 0 Å². The number of anilines is 1. The van der Waals surface area contributed by atoms with Crippen LogP contribution in [0.25, 0.3) is 0 Å². The summed E-state index contributed by atoms with van der Waals surface area (Å²) in [5, 5.41) is 17.2. The summed E-state index contributed by atoms with van der Waals surface area (Å²) < 4.78 is 10.7. The summed E-state index contributed by atoms with van der Waals surface area (Å²) in [4.78, 5) is 14.9. The number of ether oxygens (including phenoxy) is 2. The van der Waals surface area contributed by atoms with E-state index in [0.717, 1.165) is 23.4 Å². The van der Waals surface area contributed by atoms with Gasteiger partial charge in [-0.3, -0.25) is 10.1 Å². The van der Waals surface area contributed by atoms with Gasteiger partial charge in [0, 0.05) is 50.6 Å². The first-order valence-corrected chi connectivity index (χ1v) is 9.13. The van der Waals surface area contributed by atoms with Crippen molar-refractivity contribution in [3.8, 4) is 5.75 Å². The standard InChI is InChI=1S/C20H26N4O4/c1-3-21-20(22-15-16-8-10-18(11-9-16)24(25)26)23-17-6-4-7-19(14-17)28-13-5-12-27-2/h4,6-11,14H,3,5,12-13,15H2,1-2H3,(H2,21,22,23). The third kappa shape index (κ3) is 7.24. The van der Waals surface area contributed by atoms with Crippen molar-refractivity contribution in [1.29, 1.82) is 0 Å². The lowest BCUT2D eigenvalue weighted by atomic mass is 10.2. The van der Waals surface area contributed by atoms with Crippen molar-refractivity contribution in [3.05, 3.63) is 64.2 Å². The van der Waals surface area contributed by atoms with Gasteiger partial charge in [0.25, 0.3) is 5.69 Å². The quantitative estimate of drug-likeness (QED) is 0.213. The van der Waals surface area contributed by atoms with Crippen molar-refractivity contribution in [1.82, 2.24) is 5.32 Å². The van der Waals surface area contributed by atoms with Crippen molar-refractivity contribution in [3.63, 3.8) is 0 Å². The maximum atomic E-state index is 10.7. The number of benzene rings is 2. The van der Waals surface area contributed by atoms with Crippen molar-refractivity contribution in [2.45, 2.75) is 19.9 Å². The van der Waals surface area contributed by atoms with Crippen LogP contribution in [0.2, 0.25) is 0 Å². The molecule has 2 rings (SSSR count). The van der Waals surface area contributed by atoms with Crippen LogP contribution in [-0.4, -0.2) is 37.8 Å². The molecule has 0 aliphatic carbocycles. The third-order valence-corrected chi connectivity index (χ3v) is 3.77. The van der Waals surface area contributed by atoms with Crippen LogP contribution < -0.4 is 15.4 Å². The lowest BCUT2D eigenvalue weighted by Gasteiger charge is -2.13. The van der Waals surface area contributed by atoms with Gasteiger partial charge in [0.2, 0.25) is 0 Å². The number of non-ortho nitro benzene ring substituents is 1. The van der Waals surface area contributed by atoms with E-state index in [1.165, 1.54) is 12.1 Å². The van der Waals surface area contributed by atoms with E-state index < -0.39 is 4.92 Å². The number of hydrogen-bond donors (Lipinski definition) is 2. The first-order valence-electron chi connectivity index (χ1n) is 9.13. The highest BCUT2D eigenvalue weighted by atomic mass is 16.6. The number of nitrogens with one attached hydrogen (secondary N) is 2. The summed E-state index contributed by atoms with van der Waals surface area (Å²) in [6.45, 7) is 4.35. The summed E-state index contributed by atoms with van der Waals surface area (Å²) in [6, 6.07) is 14.0. The molecule has 0 fully saturated rings. The Labute approximate surface area is 164 Å². The highest BCUT2D eigenvalue weighted by molar-refractivity contribution is 5.93. The van der Waals surface area contributed by atoms with Crippen LogP contribution in [0.15, 0.2) is 53.5 Å². The van der Waals surface area contributed by atoms with Gasteiger partial charge in [-0.1, -0.05) is 18.2 Å². The summed E-state index contributed by atoms with van der Waals surface area (Å²) in [6.07, 6.45) is 0.827. The highest BCUT2D eigenvalue weighted by Gasteiger charge is 2.05. The fraction of sp³-hybridized carbons (Fsp3) is 0.350. The normalized spacial score (nSPS) is 11.1. The average Bonchev–Trinajstić information content (AvgIpc) is 2.70. The Balaban J connectivity index is 1.99. The van der Waals surface area contributed by atoms with E-state index in [2.05, 4.69) is 15.6 Å². The fourth-order valence-electron chi connectivity index (χ4n) is 2.39. The van der Waals surface area contributed by atoms with E-state index in [1.807, 2.05) is 31.2 Å². The van der Waals surface area contributed by atoms with E-state index in [-0.39, 0.29) is 5.69 Å². The second kappa shape index (κ2) is 11.6. The Morgan fingerprint density at radius 3 is 2.64 bits per heavy atom. The zero-order chi connectivity index (χ0) is 20.2. The average molecular weight is 386 g/mol. The van der Waals surface area contributed by atoms with Crippen LogP contribution in [0.4, 0.5) is 11.4 Å². The van der Waals surface area contributed by atoms with Crippen molar-refractivity contribution in [2.75, 3.05) is 32.2 Å². The van der Waals surface area contributed by atoms with Gasteiger partial charge in [0.1, 0.15) is 5.75 Å². The minimum Gasteiger partial charge on any atom is -0.493 e. The molecular weight excluding hydrogens is 360 g/mol. The van der Waals surface area contributed by atoms with E-state index in [1.54, 1.807) is 19.2 Å². The minimum absolute atomic E-state index is 0.0695. The molecule has 150 valence electrons. The maximum Gasteiger partial charge on any atom is 0.269 e. The van der Waals surface area contributed by atoms with E-state index in [0.29, 0.717) is 32.3 Å². The summed E-state index contributed by atoms with van der Waals surface area (Å²) in [5.74, 6) is 1.39. The Kier molecular flexibility index (Phi) is 8.74. The molecule has 28 heavy (non-hydrogen) atoms. The second-order valence-corrected chi connectivity index (χ2v) is 5.97. The molecule has 0 heterocycles. The molecule has 8 nitrogen and oxygen atoms in total. The molecule has 0 aliphatic heterocycles. The predicted octanol–water partition coefficient (Wildman–Crippen LogP) is 3.59. The van der Waals surface area contributed by atoms with Crippen LogP contribution >= 0.6 is 0 Å². The van der Waals surface area contributed by atoms with Crippen LogP contribution in [0.3, 0.4) is 0 Å². The number of nitrogens with zero attached hydrogens (tertiary/aromatic N) is 2. The van der Waals surface area contributed by atoms with Crippen molar-refractivity contribution < 1.29 is 14.4 Å². The van der Waals surface area contributed by atoms with Crippen LogP contribution in [0, 0.1) is 10.1 Å². The van der Waals surface area contributed by atoms with Crippen LogP contribution in [-0.2, 0) is 11.3 Å². The molecule has 2 N–H and O–H groups in total. The topological polar surface area (TPSA) is 98.0 Å². The minimum atomic E-state index is -0.414. The summed E-state index contributed by atoms with van der Waals surface area (Å²) in [7, 11) is 1.67. The molecule has 0 saturated heterocycles. The van der Waals surface area contributed by atoms with E-state index >= 15 is 0 Å². The molecule has 0 saturated carbocycles. The molecule has 0 aliphatic rings. The Morgan fingerprint density at radius 2 is 1.96 bits per heavy atom. The number of methoxy groups -OCH3 is 1. The molecule has 0 aromatic heterocycles. The molecular formula is C20H26N4O4. The molecule has 2 aromatic carbocycles. The summed E-state index contributed by atoms with van der Waals surface area (Å²) in [5.41, 5.74) is 1.81. The SMILES string of the molecule is CCNC(=NCc1ccc([N+](=O)[O-])cc1)Nc1cccc(OCCCOC)c1. The molecule has 0 atom stereocenters. The lowest BCUT2D eigenvalue weighted by Crippen LogP contribution is -2.30. The zero-order valence-corrected chi connectivity index (χ0v) is 16.2. The van der Waals surface area contributed by atoms with Crippen LogP contribution in [0.1, 0.15) is 18.9 Å². The van der Waals surface area contributed by atoms with Crippen LogP contribution in [0.5, 0.6) is 5.75 Å². The maximum absolute atomic E-state index is 10.7. The number of nitro groups is 1. The second-order valence-electron chi connectivity index (χ2n) is 5.97. The van der Waals surface area contributed by atoms with Gasteiger partial charge < -0.3 is 20.1 Å². The van der Waals surface area contributed by atoms with E-state index in [9.17, 15) is 10.1 Å². The number of nitro benzene ring substituents is 1. The van der Waals surface area contributed by atoms with Crippen molar-refractivity contribution >= 4 is 17.3 Å². The van der Waals surface area contributed by atoms with Gasteiger partial charge in [0.05, 0.1) is 18.1 Å². The monoisotopic (exact) mass is 386 g/mol. The highest BCUT2D eigenvalue weighted by Crippen LogP contribution is 2.18. The number of hydrogen-bond acceptors (Lipinski definition) is 5. The number of guanidine groups is 1. The van der Waals surface area contributed by atoms with E-state index in [4.69, 9.17) is 9.47 Å². The molecule has 0 radical (unpaired) electrons. The van der Waals surface area contributed by atoms with Gasteiger partial charge in [-0.25, -0.2) is 4.99 Å². The first-order chi connectivity index (χ1) is 13.6. The van der Waals surface area contributed by atoms with Gasteiger partial charge in [-0.2, -0.15) is 0 Å². The molecule has 0 bridgehead atoms. The predicted molar refractivity (Wildman–Crippen MR) is 110 cm³/mol. The smallest absolute Gasteiger partial charge is 0.269 e. The summed E-state index contributed by atoms with van der Waals surface area (Å²) >= 11 is 0. The Bertz CT molecular complexity index is 778. The third-order valence-electron chi connectivity index (χ3n) is 3.77. The van der Waals surface area contributed by atoms with Gasteiger partial charge in [-0.15, -0.1) is 0 Å². The molecule has 2 aromatic rings. The number of rotatable bonds is 10. The number of aliphatic imine (C=N–C) groups is 1. The molecule has 0 spiro atoms. The molecule has 8 heteroatoms. The largest absolute Gasteiger partial charge is 0.493 e. The fourth-order valence-corrected chi connectivity index (χ4v) is 2.39. The van der Waals surface area contributed by atoms with Gasteiger partial charge in [0.15, 0.2) is 5.96 Å². The van der Waals surface area contributed by atoms with Crippen molar-refractivity contribution in [2.24, 2.45) is 4.99 Å². The first kappa shape index (κ1) is 21.2. The lowest BCUT2D eigenvalue weighted by molar-refractivity contribution is -0.384. The van der Waals surface area contributed by atoms with Gasteiger partial charge in [-0.05, 0) is 24.6 Å². The Hall–Kier alpha value is -3.13. The molecule has 0 amide bonds. The molecule has 0 unspecified atom stereocenters. The zero-order valence-electron chi connectivity index (χ0n) is 16.2. The Morgan fingerprint density at radius 1 is 1.18 bits per heavy atom.